The lowest BCUT2D eigenvalue weighted by molar-refractivity contribution is -0.155. The number of hydrogen-bond donors (Lipinski definition) is 8. The minimum atomic E-state index is -5.12. The molecule has 40 heteroatoms. The number of ether oxygens (including phenoxy) is 7. The lowest BCUT2D eigenvalue weighted by atomic mass is 9.90. The van der Waals surface area contributed by atoms with Crippen LogP contribution < -0.4 is 31.9 Å². The second kappa shape index (κ2) is 58.4. The summed E-state index contributed by atoms with van der Waals surface area (Å²) in [6.45, 7) is 21.3. The van der Waals surface area contributed by atoms with Crippen LogP contribution in [0.25, 0.3) is 0 Å². The number of carbonyl (C=O) groups is 11. The van der Waals surface area contributed by atoms with Gasteiger partial charge in [-0.2, -0.15) is 4.31 Å². The van der Waals surface area contributed by atoms with Crippen molar-refractivity contribution < 1.29 is 127 Å². The summed E-state index contributed by atoms with van der Waals surface area (Å²) < 4.78 is 107. The lowest BCUT2D eigenvalue weighted by Gasteiger charge is -2.33. The van der Waals surface area contributed by atoms with Gasteiger partial charge in [-0.05, 0) is 165 Å². The van der Waals surface area contributed by atoms with E-state index >= 15 is 0 Å². The summed E-state index contributed by atoms with van der Waals surface area (Å²) in [6, 6.07) is 22.0. The molecule has 131 heavy (non-hydrogen) atoms. The van der Waals surface area contributed by atoms with E-state index in [9.17, 15) is 80.1 Å². The molecule has 0 spiro atoms. The van der Waals surface area contributed by atoms with Gasteiger partial charge in [0.2, 0.25) is 29.5 Å². The smallest absolute Gasteiger partial charge is 0.456 e. The Morgan fingerprint density at radius 3 is 1.78 bits per heavy atom. The number of rotatable bonds is 48. The van der Waals surface area contributed by atoms with Crippen LogP contribution in [0.3, 0.4) is 0 Å². The Morgan fingerprint density at radius 2 is 1.21 bits per heavy atom. The fraction of sp³-hybridized carbons (Fsp3) is 0.571. The average Bonchev–Trinajstić information content (AvgIpc) is 0.820. The summed E-state index contributed by atoms with van der Waals surface area (Å²) in [5, 5.41) is 16.6. The fourth-order valence-corrected chi connectivity index (χ4v) is 18.1. The number of esters is 2. The summed E-state index contributed by atoms with van der Waals surface area (Å²) in [6.07, 6.45) is 0.491. The number of nitrogens with one attached hydrogen (secondary N) is 6. The third-order valence-electron chi connectivity index (χ3n) is 21.3. The number of benzene rings is 4. The van der Waals surface area contributed by atoms with Crippen molar-refractivity contribution in [2.75, 3.05) is 118 Å². The Kier molecular flexibility index (Phi) is 50.2. The maximum Gasteiger partial charge on any atom is 0.481 e. The minimum absolute atomic E-state index is 0.00604. The molecule has 1 aliphatic rings. The highest BCUT2D eigenvalue weighted by atomic mass is 35.5. The first-order chi connectivity index (χ1) is 62.0. The van der Waals surface area contributed by atoms with Gasteiger partial charge in [0.15, 0.2) is 21.7 Å². The number of aryl methyl sites for hydroxylation is 2. The molecular weight excluding hydrogens is 1800 g/mol. The molecule has 8 N–H and O–H groups in total. The van der Waals surface area contributed by atoms with E-state index in [0.717, 1.165) is 25.8 Å². The van der Waals surface area contributed by atoms with Crippen molar-refractivity contribution in [3.05, 3.63) is 153 Å². The van der Waals surface area contributed by atoms with Crippen LogP contribution in [0.5, 0.6) is 0 Å². The molecule has 8 amide bonds. The van der Waals surface area contributed by atoms with E-state index in [0.29, 0.717) is 46.5 Å². The molecule has 0 radical (unpaired) electrons. The van der Waals surface area contributed by atoms with Crippen LogP contribution in [0.4, 0.5) is 4.79 Å². The van der Waals surface area contributed by atoms with Crippen LogP contribution in [0.2, 0.25) is 5.02 Å². The van der Waals surface area contributed by atoms with Crippen LogP contribution in [-0.4, -0.2) is 253 Å². The second-order valence-electron chi connectivity index (χ2n) is 32.6. The molecule has 1 heterocycles. The average molecular weight is 1930 g/mol. The molecule has 0 fully saturated rings. The molecule has 728 valence electrons. The molecule has 5 rings (SSSR count). The van der Waals surface area contributed by atoms with Crippen LogP contribution in [-0.2, 0) is 110 Å². The molecule has 0 bridgehead atoms. The van der Waals surface area contributed by atoms with Crippen LogP contribution >= 0.6 is 39.0 Å². The van der Waals surface area contributed by atoms with Crippen molar-refractivity contribution in [3.8, 4) is 0 Å². The first kappa shape index (κ1) is 113. The van der Waals surface area contributed by atoms with E-state index in [-0.39, 0.29) is 176 Å². The standard InChI is InChI=1S/C91H133ClN8O27P2S2/c1-15-63(7)81-86(106)97-68(12)90(110)126-83(64(8)16-2)66(10)77(40-27-65(9)89(109)124-78(55-60(3)4)85(105)96-67(11)87(107)100(14)76(56-69-28-34-73(92)35-29-69)88(108)99(13)57-80(102)98-81)125-91(111)95-43-20-18-22-46-123-129(114,115)127-128(112,113)122-45-21-17-19-42-93-79(101)41-47-118-49-51-120-53-54-121-52-50-119-48-44-94-84(104)71-32-30-70(31-33-71)82(103)72(58-130-74-36-23-61(5)24-37-74)59-131(116,117)75-38-25-62(6)26-39-75/h16,23-39,60,63,66-68,72,76-78,81,83H,15,17-22,40-59H2,1-14H3,(H,93,101)(H,94,104)(H,95,111)(H,96,105)(H,97,106)(H,98,102)(H,112,113)(H,114,115)/b64-16+,65-27+/t63?,66-,67-,68+,72?,76+,77-,78+,81-,83+/m0/s1. The van der Waals surface area contributed by atoms with Crippen molar-refractivity contribution in [1.82, 2.24) is 41.7 Å². The molecule has 1 aliphatic heterocycles. The predicted octanol–water partition coefficient (Wildman–Crippen LogP) is 10.9. The van der Waals surface area contributed by atoms with E-state index in [1.807, 2.05) is 38.1 Å². The minimum Gasteiger partial charge on any atom is -0.456 e. The number of halogens is 1. The molecule has 0 aliphatic carbocycles. The monoisotopic (exact) mass is 1930 g/mol. The number of cyclic esters (lactones) is 2. The quantitative estimate of drug-likeness (QED) is 0.00387. The van der Waals surface area contributed by atoms with Crippen molar-refractivity contribution in [3.63, 3.8) is 0 Å². The van der Waals surface area contributed by atoms with Gasteiger partial charge in [-0.1, -0.05) is 124 Å². The summed E-state index contributed by atoms with van der Waals surface area (Å²) >= 11 is 7.59. The maximum absolute atomic E-state index is 14.4. The predicted molar refractivity (Wildman–Crippen MR) is 493 cm³/mol. The van der Waals surface area contributed by atoms with Crippen LogP contribution in [0.1, 0.15) is 171 Å². The zero-order valence-electron chi connectivity index (χ0n) is 77.4. The van der Waals surface area contributed by atoms with Crippen molar-refractivity contribution >= 4 is 114 Å². The molecule has 35 nitrogen and oxygen atoms in total. The molecule has 0 aromatic heterocycles. The zero-order chi connectivity index (χ0) is 97.0. The molecule has 12 atom stereocenters. The van der Waals surface area contributed by atoms with Gasteiger partial charge >= 0.3 is 33.7 Å². The van der Waals surface area contributed by atoms with E-state index in [1.54, 1.807) is 103 Å². The fourth-order valence-electron chi connectivity index (χ4n) is 13.2. The van der Waals surface area contributed by atoms with Crippen LogP contribution in [0, 0.1) is 37.5 Å². The van der Waals surface area contributed by atoms with Crippen molar-refractivity contribution in [1.29, 1.82) is 0 Å². The highest BCUT2D eigenvalue weighted by Crippen LogP contribution is 2.60. The number of unbranched alkanes of at least 4 members (excludes halogenated alkanes) is 4. The number of likely N-dealkylation sites (N-methyl/N-ethyl adjacent to an activating group) is 2. The SMILES string of the molecule is C/C=C(\C)[C@H]1OC(=O)[C@@H](C)NC(=O)[C@H](C(C)CC)NC(=O)CN(C)C(=O)[C@@H](Cc2ccc(Cl)cc2)N(C)C(=O)[C@H](C)NC(=O)[C@@H](CC(C)C)OC(=O)/C(C)=C/C[C@H](OC(=O)NCCCCCOP(=O)(O)OP(=O)(O)OCCCCCNC(=O)CCOCCOCCOCCOCCNC(=O)c2ccc(C(=O)C(CSc3ccc(C)cc3)CS(=O)(=O)c3ccc(C)cc3)cc2)[C@@H]1C. The summed E-state index contributed by atoms with van der Waals surface area (Å²) in [4.78, 5) is 176. The first-order valence-electron chi connectivity index (χ1n) is 44.0. The number of ketones is 1. The Morgan fingerprint density at radius 1 is 0.656 bits per heavy atom. The topological polar surface area (TPSA) is 467 Å². The van der Waals surface area contributed by atoms with Crippen molar-refractivity contribution in [2.45, 2.75) is 206 Å². The number of hydrogen-bond acceptors (Lipinski definition) is 26. The third-order valence-corrected chi connectivity index (χ3v) is 27.2. The highest BCUT2D eigenvalue weighted by Gasteiger charge is 2.40. The van der Waals surface area contributed by atoms with Crippen molar-refractivity contribution in [2.24, 2.45) is 23.7 Å². The zero-order valence-corrected chi connectivity index (χ0v) is 81.6. The molecule has 0 saturated heterocycles. The van der Waals surface area contributed by atoms with Gasteiger partial charge in [0.25, 0.3) is 11.8 Å². The maximum atomic E-state index is 14.4. The number of amides is 8. The first-order valence-corrected chi connectivity index (χ1v) is 50.0. The molecule has 0 saturated carbocycles. The van der Waals surface area contributed by atoms with E-state index in [4.69, 9.17) is 53.8 Å². The summed E-state index contributed by atoms with van der Waals surface area (Å²) in [5.74, 6) is -9.04. The number of Topliss-reactive ketones (excluding diaryl/α,β-unsaturated/α-hetero) is 1. The van der Waals surface area contributed by atoms with Gasteiger partial charge < -0.3 is 84.6 Å². The molecule has 4 unspecified atom stereocenters. The Bertz CT molecular complexity index is 4630. The van der Waals surface area contributed by atoms with Gasteiger partial charge in [-0.15, -0.1) is 11.8 Å². The molecular formula is C91H133ClN8O27P2S2. The van der Waals surface area contributed by atoms with Gasteiger partial charge in [0.05, 0.1) is 83.3 Å². The number of thioether (sulfide) groups is 1. The number of phosphoric acid groups is 2. The normalized spacial score (nSPS) is 20.6. The Balaban J connectivity index is 0.978. The third kappa shape index (κ3) is 42.1. The van der Waals surface area contributed by atoms with Gasteiger partial charge in [-0.25, -0.2) is 31.9 Å². The molecule has 4 aromatic carbocycles. The molecule has 4 aromatic rings. The van der Waals surface area contributed by atoms with Gasteiger partial charge in [0, 0.05) is 97.2 Å². The highest BCUT2D eigenvalue weighted by molar-refractivity contribution is 7.99. The number of carbonyl (C=O) groups excluding carboxylic acids is 11. The summed E-state index contributed by atoms with van der Waals surface area (Å²) in [7, 11) is -11.3. The van der Waals surface area contributed by atoms with E-state index in [2.05, 4.69) is 36.2 Å². The van der Waals surface area contributed by atoms with Crippen LogP contribution in [0.15, 0.2) is 130 Å². The number of phosphoric ester groups is 2. The summed E-state index contributed by atoms with van der Waals surface area (Å²) in [5.41, 5.74) is 3.71. The second-order valence-corrected chi connectivity index (χ2v) is 39.2. The van der Waals surface area contributed by atoms with Gasteiger partial charge in [-0.3, -0.25) is 47.4 Å². The number of alkyl carbamates (subject to hydrolysis) is 1. The lowest BCUT2D eigenvalue weighted by Crippen LogP contribution is -2.57. The Hall–Kier alpha value is -8.78. The van der Waals surface area contributed by atoms with E-state index < -0.39 is 146 Å². The number of allylic oxidation sites excluding steroid dienone is 1. The largest absolute Gasteiger partial charge is 0.481 e. The Labute approximate surface area is 778 Å². The number of nitrogens with zero attached hydrogens (tertiary/aromatic N) is 2. The number of sulfone groups is 1. The van der Waals surface area contributed by atoms with E-state index in [1.165, 1.54) is 77.0 Å². The van der Waals surface area contributed by atoms with Gasteiger partial charge in [0.1, 0.15) is 36.4 Å².